The van der Waals surface area contributed by atoms with E-state index in [1.54, 1.807) is 12.1 Å². The van der Waals surface area contributed by atoms with Crippen LogP contribution in [0, 0.1) is 5.82 Å². The molecule has 2 heteroatoms. The molecule has 0 radical (unpaired) electrons. The van der Waals surface area contributed by atoms with Crippen molar-refractivity contribution in [3.05, 3.63) is 35.3 Å². The number of aryl methyl sites for hydroxylation is 3. The summed E-state index contributed by atoms with van der Waals surface area (Å²) in [6.45, 7) is 3.28. The van der Waals surface area contributed by atoms with Gasteiger partial charge in [-0.15, -0.1) is 0 Å². The molecule has 17 heavy (non-hydrogen) atoms. The van der Waals surface area contributed by atoms with Gasteiger partial charge in [0, 0.05) is 18.1 Å². The van der Waals surface area contributed by atoms with Crippen LogP contribution in [-0.2, 0) is 19.4 Å². The van der Waals surface area contributed by atoms with Crippen LogP contribution in [0.4, 0.5) is 4.39 Å². The molecule has 3 rings (SSSR count). The minimum atomic E-state index is -0.0788. The summed E-state index contributed by atoms with van der Waals surface area (Å²) in [7, 11) is 0. The highest BCUT2D eigenvalue weighted by atomic mass is 19.1. The second-order valence-electron chi connectivity index (χ2n) is 5.02. The molecular formula is C15H18FN. The van der Waals surface area contributed by atoms with Crippen molar-refractivity contribution in [2.75, 3.05) is 0 Å². The number of hydrogen-bond acceptors (Lipinski definition) is 0. The molecule has 0 saturated heterocycles. The minimum absolute atomic E-state index is 0.0788. The van der Waals surface area contributed by atoms with Crippen LogP contribution < -0.4 is 0 Å². The lowest BCUT2D eigenvalue weighted by atomic mass is 10.0. The van der Waals surface area contributed by atoms with Crippen molar-refractivity contribution >= 4 is 10.9 Å². The van der Waals surface area contributed by atoms with Crippen molar-refractivity contribution < 1.29 is 4.39 Å². The van der Waals surface area contributed by atoms with Gasteiger partial charge in [-0.1, -0.05) is 13.3 Å². The third kappa shape index (κ3) is 1.76. The van der Waals surface area contributed by atoms with Gasteiger partial charge in [0.05, 0.1) is 5.52 Å². The lowest BCUT2D eigenvalue weighted by Gasteiger charge is -2.15. The molecule has 1 nitrogen and oxygen atoms in total. The Hall–Kier alpha value is -1.31. The van der Waals surface area contributed by atoms with E-state index in [0.717, 1.165) is 31.2 Å². The van der Waals surface area contributed by atoms with E-state index < -0.39 is 0 Å². The van der Waals surface area contributed by atoms with Gasteiger partial charge in [0.25, 0.3) is 0 Å². The third-order valence-electron chi connectivity index (χ3n) is 3.74. The molecule has 0 N–H and O–H groups in total. The van der Waals surface area contributed by atoms with Gasteiger partial charge < -0.3 is 4.57 Å². The average Bonchev–Trinajstić information content (AvgIpc) is 2.66. The predicted molar refractivity (Wildman–Crippen MR) is 68.8 cm³/mol. The second-order valence-corrected chi connectivity index (χ2v) is 5.02. The number of rotatable bonds is 3. The fourth-order valence-corrected chi connectivity index (χ4v) is 2.94. The molecule has 1 aliphatic heterocycles. The Bertz CT molecular complexity index is 554. The zero-order valence-electron chi connectivity index (χ0n) is 10.3. The quantitative estimate of drug-likeness (QED) is 0.750. The second kappa shape index (κ2) is 4.17. The summed E-state index contributed by atoms with van der Waals surface area (Å²) in [6, 6.07) is 3.42. The van der Waals surface area contributed by atoms with Crippen molar-refractivity contribution in [2.45, 2.75) is 45.6 Å². The molecule has 90 valence electrons. The van der Waals surface area contributed by atoms with Gasteiger partial charge in [-0.25, -0.2) is 4.39 Å². The van der Waals surface area contributed by atoms with Crippen LogP contribution in [0.5, 0.6) is 0 Å². The van der Waals surface area contributed by atoms with Gasteiger partial charge in [-0.3, -0.25) is 0 Å². The summed E-state index contributed by atoms with van der Waals surface area (Å²) >= 11 is 0. The molecule has 1 aromatic carbocycles. The lowest BCUT2D eigenvalue weighted by Crippen LogP contribution is -2.06. The first-order valence-electron chi connectivity index (χ1n) is 6.59. The number of aromatic nitrogens is 1. The third-order valence-corrected chi connectivity index (χ3v) is 3.74. The average molecular weight is 231 g/mol. The zero-order chi connectivity index (χ0) is 11.8. The maximum atomic E-state index is 13.6. The molecule has 0 spiro atoms. The first-order chi connectivity index (χ1) is 8.29. The molecule has 1 aromatic heterocycles. The van der Waals surface area contributed by atoms with Gasteiger partial charge >= 0.3 is 0 Å². The van der Waals surface area contributed by atoms with E-state index in [1.807, 2.05) is 0 Å². The Morgan fingerprint density at radius 3 is 3.06 bits per heavy atom. The van der Waals surface area contributed by atoms with Crippen molar-refractivity contribution in [3.8, 4) is 0 Å². The number of unbranched alkanes of at least 4 members (excludes halogenated alkanes) is 1. The Labute approximate surface area is 101 Å². The maximum absolute atomic E-state index is 13.6. The fourth-order valence-electron chi connectivity index (χ4n) is 2.94. The van der Waals surface area contributed by atoms with Crippen molar-refractivity contribution in [1.82, 2.24) is 4.57 Å². The van der Waals surface area contributed by atoms with Crippen molar-refractivity contribution in [1.29, 1.82) is 0 Å². The standard InChI is InChI=1S/C15H18FN/c1-2-3-5-12-10-17-7-4-6-11-8-13(16)9-14(12)15(11)17/h8-10H,2-7H2,1H3. The summed E-state index contributed by atoms with van der Waals surface area (Å²) in [5.41, 5.74) is 3.79. The van der Waals surface area contributed by atoms with E-state index in [-0.39, 0.29) is 5.82 Å². The molecule has 1 aliphatic rings. The first kappa shape index (κ1) is 10.8. The Kier molecular flexibility index (Phi) is 2.65. The maximum Gasteiger partial charge on any atom is 0.124 e. The van der Waals surface area contributed by atoms with Crippen LogP contribution in [-0.4, -0.2) is 4.57 Å². The Morgan fingerprint density at radius 2 is 2.24 bits per heavy atom. The van der Waals surface area contributed by atoms with E-state index in [1.165, 1.54) is 29.5 Å². The highest BCUT2D eigenvalue weighted by Crippen LogP contribution is 2.31. The van der Waals surface area contributed by atoms with E-state index >= 15 is 0 Å². The van der Waals surface area contributed by atoms with Gasteiger partial charge in [0.2, 0.25) is 0 Å². The molecule has 0 fully saturated rings. The van der Waals surface area contributed by atoms with Gasteiger partial charge in [-0.2, -0.15) is 0 Å². The molecule has 2 aromatic rings. The molecule has 0 saturated carbocycles. The molecule has 0 amide bonds. The van der Waals surface area contributed by atoms with Crippen molar-refractivity contribution in [3.63, 3.8) is 0 Å². The first-order valence-corrected chi connectivity index (χ1v) is 6.59. The fraction of sp³-hybridized carbons (Fsp3) is 0.467. The molecule has 0 bridgehead atoms. The van der Waals surface area contributed by atoms with Crippen LogP contribution >= 0.6 is 0 Å². The Morgan fingerprint density at radius 1 is 1.35 bits per heavy atom. The number of halogens is 1. The summed E-state index contributed by atoms with van der Waals surface area (Å²) in [4.78, 5) is 0. The summed E-state index contributed by atoms with van der Waals surface area (Å²) in [6.07, 6.45) is 7.84. The van der Waals surface area contributed by atoms with E-state index in [9.17, 15) is 4.39 Å². The van der Waals surface area contributed by atoms with Crippen LogP contribution in [0.1, 0.15) is 37.3 Å². The minimum Gasteiger partial charge on any atom is -0.347 e. The van der Waals surface area contributed by atoms with E-state index in [2.05, 4.69) is 17.7 Å². The highest BCUT2D eigenvalue weighted by molar-refractivity contribution is 5.87. The van der Waals surface area contributed by atoms with Gasteiger partial charge in [0.15, 0.2) is 0 Å². The number of benzene rings is 1. The number of hydrogen-bond donors (Lipinski definition) is 0. The molecule has 0 unspecified atom stereocenters. The normalized spacial score (nSPS) is 14.5. The zero-order valence-corrected chi connectivity index (χ0v) is 10.3. The monoisotopic (exact) mass is 231 g/mol. The summed E-state index contributed by atoms with van der Waals surface area (Å²) in [5.74, 6) is -0.0788. The van der Waals surface area contributed by atoms with Crippen LogP contribution in [0.25, 0.3) is 10.9 Å². The van der Waals surface area contributed by atoms with Crippen LogP contribution in [0.3, 0.4) is 0 Å². The highest BCUT2D eigenvalue weighted by Gasteiger charge is 2.16. The van der Waals surface area contributed by atoms with E-state index in [0.29, 0.717) is 0 Å². The SMILES string of the molecule is CCCCc1cn2c3c(cc(F)cc13)CCC2. The van der Waals surface area contributed by atoms with Crippen LogP contribution in [0.15, 0.2) is 18.3 Å². The topological polar surface area (TPSA) is 4.93 Å². The molecule has 0 atom stereocenters. The molecular weight excluding hydrogens is 213 g/mol. The molecule has 2 heterocycles. The van der Waals surface area contributed by atoms with Gasteiger partial charge in [-0.05, 0) is 48.9 Å². The summed E-state index contributed by atoms with van der Waals surface area (Å²) in [5, 5.41) is 1.15. The predicted octanol–water partition coefficient (Wildman–Crippen LogP) is 4.07. The van der Waals surface area contributed by atoms with Crippen molar-refractivity contribution in [2.24, 2.45) is 0 Å². The lowest BCUT2D eigenvalue weighted by molar-refractivity contribution is 0.610. The van der Waals surface area contributed by atoms with E-state index in [4.69, 9.17) is 0 Å². The largest absolute Gasteiger partial charge is 0.347 e. The summed E-state index contributed by atoms with van der Waals surface area (Å²) < 4.78 is 15.9. The molecule has 0 aliphatic carbocycles. The van der Waals surface area contributed by atoms with Gasteiger partial charge in [0.1, 0.15) is 5.82 Å². The Balaban J connectivity index is 2.18. The number of nitrogens with zero attached hydrogens (tertiary/aromatic N) is 1. The van der Waals surface area contributed by atoms with Crippen LogP contribution in [0.2, 0.25) is 0 Å². The smallest absolute Gasteiger partial charge is 0.124 e.